The smallest absolute Gasteiger partial charge is 0.251 e. The first-order valence-electron chi connectivity index (χ1n) is 10.3. The highest BCUT2D eigenvalue weighted by molar-refractivity contribution is 6.29. The van der Waals surface area contributed by atoms with E-state index in [1.54, 1.807) is 12.1 Å². The lowest BCUT2D eigenvalue weighted by Crippen LogP contribution is -2.50. The molecule has 3 aliphatic heterocycles. The number of carbonyl (C=O) groups is 1. The summed E-state index contributed by atoms with van der Waals surface area (Å²) in [5.74, 6) is 1.85. The van der Waals surface area contributed by atoms with Crippen molar-refractivity contribution in [2.24, 2.45) is 0 Å². The predicted molar refractivity (Wildman–Crippen MR) is 111 cm³/mol. The number of benzene rings is 1. The first kappa shape index (κ1) is 19.5. The summed E-state index contributed by atoms with van der Waals surface area (Å²) in [7, 11) is 1.51. The molecule has 4 heterocycles. The summed E-state index contributed by atoms with van der Waals surface area (Å²) in [6.07, 6.45) is 4.22. The molecule has 7 nitrogen and oxygen atoms in total. The maximum atomic E-state index is 12.8. The van der Waals surface area contributed by atoms with E-state index in [0.29, 0.717) is 30.3 Å². The van der Waals surface area contributed by atoms with Gasteiger partial charge in [0.2, 0.25) is 12.7 Å². The number of nitrogens with zero attached hydrogens (tertiary/aromatic N) is 2. The van der Waals surface area contributed by atoms with Crippen LogP contribution in [0.15, 0.2) is 30.3 Å². The van der Waals surface area contributed by atoms with Gasteiger partial charge in [-0.05, 0) is 49.4 Å². The molecule has 0 saturated carbocycles. The minimum atomic E-state index is -0.133. The van der Waals surface area contributed by atoms with Gasteiger partial charge >= 0.3 is 0 Å². The summed E-state index contributed by atoms with van der Waals surface area (Å²) in [5, 5.41) is 3.44. The number of fused-ring (bicyclic) bond motifs is 3. The third-order valence-electron chi connectivity index (χ3n) is 6.26. The number of nitrogens with one attached hydrogen (secondary N) is 1. The van der Waals surface area contributed by atoms with Crippen molar-refractivity contribution in [1.29, 1.82) is 0 Å². The molecule has 2 aromatic rings. The van der Waals surface area contributed by atoms with E-state index < -0.39 is 0 Å². The first-order chi connectivity index (χ1) is 14.6. The SMILES string of the molecule is COc1cc(C(=O)NC2CC3CCC(C2)N3Cc2ccc3c(c2)OCO3)cc(Cl)n1. The Labute approximate surface area is 180 Å². The molecule has 1 aromatic carbocycles. The fraction of sp³-hybridized carbons (Fsp3) is 0.455. The van der Waals surface area contributed by atoms with Gasteiger partial charge in [0.1, 0.15) is 5.15 Å². The third-order valence-corrected chi connectivity index (χ3v) is 6.46. The van der Waals surface area contributed by atoms with E-state index in [1.807, 2.05) is 6.07 Å². The number of methoxy groups -OCH3 is 1. The molecule has 1 N–H and O–H groups in total. The lowest BCUT2D eigenvalue weighted by molar-refractivity contribution is 0.0827. The Bertz CT molecular complexity index is 955. The van der Waals surface area contributed by atoms with Gasteiger partial charge in [-0.15, -0.1) is 0 Å². The summed E-state index contributed by atoms with van der Waals surface area (Å²) in [6, 6.07) is 10.5. The van der Waals surface area contributed by atoms with Crippen LogP contribution in [0.25, 0.3) is 0 Å². The monoisotopic (exact) mass is 429 g/mol. The van der Waals surface area contributed by atoms with Gasteiger partial charge in [-0.25, -0.2) is 4.98 Å². The van der Waals surface area contributed by atoms with E-state index in [-0.39, 0.29) is 17.1 Å². The van der Waals surface area contributed by atoms with Crippen LogP contribution in [0, 0.1) is 0 Å². The minimum absolute atomic E-state index is 0.133. The largest absolute Gasteiger partial charge is 0.481 e. The number of carbonyl (C=O) groups excluding carboxylic acids is 1. The van der Waals surface area contributed by atoms with Crippen LogP contribution >= 0.6 is 11.6 Å². The number of aromatic nitrogens is 1. The highest BCUT2D eigenvalue weighted by Crippen LogP contribution is 2.38. The maximum Gasteiger partial charge on any atom is 0.251 e. The summed E-state index contributed by atoms with van der Waals surface area (Å²) < 4.78 is 16.0. The number of amides is 1. The zero-order chi connectivity index (χ0) is 20.7. The molecule has 1 amide bonds. The Morgan fingerprint density at radius 1 is 1.20 bits per heavy atom. The summed E-state index contributed by atoms with van der Waals surface area (Å²) in [5.41, 5.74) is 1.71. The van der Waals surface area contributed by atoms with Gasteiger partial charge in [0.05, 0.1) is 7.11 Å². The average Bonchev–Trinajstić information content (AvgIpc) is 3.29. The van der Waals surface area contributed by atoms with Gasteiger partial charge in [-0.2, -0.15) is 0 Å². The number of ether oxygens (including phenoxy) is 3. The molecule has 2 bridgehead atoms. The molecule has 8 heteroatoms. The topological polar surface area (TPSA) is 72.9 Å². The van der Waals surface area contributed by atoms with E-state index in [4.69, 9.17) is 25.8 Å². The quantitative estimate of drug-likeness (QED) is 0.734. The summed E-state index contributed by atoms with van der Waals surface area (Å²) in [4.78, 5) is 19.4. The van der Waals surface area contributed by atoms with Crippen LogP contribution in [0.1, 0.15) is 41.6 Å². The number of hydrogen-bond acceptors (Lipinski definition) is 6. The fourth-order valence-corrected chi connectivity index (χ4v) is 5.08. The van der Waals surface area contributed by atoms with E-state index in [2.05, 4.69) is 27.3 Å². The molecule has 3 aliphatic rings. The third kappa shape index (κ3) is 3.79. The molecule has 2 atom stereocenters. The van der Waals surface area contributed by atoms with Crippen molar-refractivity contribution in [3.63, 3.8) is 0 Å². The van der Waals surface area contributed by atoms with Crippen LogP contribution in [0.5, 0.6) is 17.4 Å². The van der Waals surface area contributed by atoms with E-state index in [0.717, 1.165) is 43.7 Å². The number of halogens is 1. The molecule has 0 aliphatic carbocycles. The van der Waals surface area contributed by atoms with Gasteiger partial charge in [0.15, 0.2) is 11.5 Å². The Kier molecular flexibility index (Phi) is 5.16. The fourth-order valence-electron chi connectivity index (χ4n) is 4.88. The Morgan fingerprint density at radius 3 is 2.73 bits per heavy atom. The van der Waals surface area contributed by atoms with Gasteiger partial charge in [-0.1, -0.05) is 17.7 Å². The minimum Gasteiger partial charge on any atom is -0.481 e. The molecule has 2 saturated heterocycles. The molecule has 1 aromatic heterocycles. The second-order valence-corrected chi connectivity index (χ2v) is 8.49. The second-order valence-electron chi connectivity index (χ2n) is 8.11. The molecule has 0 spiro atoms. The Morgan fingerprint density at radius 2 is 1.97 bits per heavy atom. The van der Waals surface area contributed by atoms with Crippen molar-refractivity contribution in [3.8, 4) is 17.4 Å². The normalized spacial score (nSPS) is 24.7. The zero-order valence-electron chi connectivity index (χ0n) is 16.8. The number of pyridine rings is 1. The Hall–Kier alpha value is -2.51. The van der Waals surface area contributed by atoms with Gasteiger partial charge < -0.3 is 19.5 Å². The van der Waals surface area contributed by atoms with Crippen molar-refractivity contribution in [3.05, 3.63) is 46.6 Å². The molecule has 0 radical (unpaired) electrons. The zero-order valence-corrected chi connectivity index (χ0v) is 17.5. The van der Waals surface area contributed by atoms with Gasteiger partial charge in [-0.3, -0.25) is 9.69 Å². The first-order valence-corrected chi connectivity index (χ1v) is 10.6. The van der Waals surface area contributed by atoms with E-state index in [1.165, 1.54) is 12.7 Å². The Balaban J connectivity index is 1.23. The molecule has 5 rings (SSSR count). The molecule has 30 heavy (non-hydrogen) atoms. The molecular weight excluding hydrogens is 406 g/mol. The standard InChI is InChI=1S/C22H24ClN3O4/c1-28-21-8-14(7-20(23)25-21)22(27)24-15-9-16-3-4-17(10-15)26(16)11-13-2-5-18-19(6-13)30-12-29-18/h2,5-8,15-17H,3-4,9-12H2,1H3,(H,24,27). The van der Waals surface area contributed by atoms with E-state index >= 15 is 0 Å². The van der Waals surface area contributed by atoms with Crippen molar-refractivity contribution in [2.75, 3.05) is 13.9 Å². The molecular formula is C22H24ClN3O4. The molecule has 2 fully saturated rings. The van der Waals surface area contributed by atoms with Crippen molar-refractivity contribution in [1.82, 2.24) is 15.2 Å². The number of hydrogen-bond donors (Lipinski definition) is 1. The van der Waals surface area contributed by atoms with Crippen LogP contribution in [0.3, 0.4) is 0 Å². The van der Waals surface area contributed by atoms with Crippen LogP contribution in [0.2, 0.25) is 5.15 Å². The highest BCUT2D eigenvalue weighted by Gasteiger charge is 2.41. The van der Waals surface area contributed by atoms with Crippen LogP contribution in [-0.2, 0) is 6.54 Å². The highest BCUT2D eigenvalue weighted by atomic mass is 35.5. The maximum absolute atomic E-state index is 12.8. The lowest BCUT2D eigenvalue weighted by Gasteiger charge is -2.39. The van der Waals surface area contributed by atoms with Crippen molar-refractivity contribution >= 4 is 17.5 Å². The predicted octanol–water partition coefficient (Wildman–Crippen LogP) is 3.40. The number of rotatable bonds is 5. The van der Waals surface area contributed by atoms with Gasteiger partial charge in [0.25, 0.3) is 5.91 Å². The summed E-state index contributed by atoms with van der Waals surface area (Å²) in [6.45, 7) is 1.19. The van der Waals surface area contributed by atoms with Crippen LogP contribution < -0.4 is 19.5 Å². The molecule has 2 unspecified atom stereocenters. The lowest BCUT2D eigenvalue weighted by atomic mass is 9.96. The summed E-state index contributed by atoms with van der Waals surface area (Å²) >= 11 is 6.01. The number of piperidine rings is 1. The van der Waals surface area contributed by atoms with Crippen molar-refractivity contribution < 1.29 is 19.0 Å². The molecule has 158 valence electrons. The van der Waals surface area contributed by atoms with E-state index in [9.17, 15) is 4.79 Å². The van der Waals surface area contributed by atoms with Gasteiger partial charge in [0, 0.05) is 36.3 Å². The van der Waals surface area contributed by atoms with Crippen molar-refractivity contribution in [2.45, 2.75) is 50.4 Å². The average molecular weight is 430 g/mol. The van der Waals surface area contributed by atoms with Crippen LogP contribution in [-0.4, -0.2) is 47.8 Å². The van der Waals surface area contributed by atoms with Crippen LogP contribution in [0.4, 0.5) is 0 Å². The second kappa shape index (κ2) is 7.96.